The van der Waals surface area contributed by atoms with Crippen LogP contribution in [0.15, 0.2) is 72.8 Å². The van der Waals surface area contributed by atoms with E-state index >= 15 is 0 Å². The summed E-state index contributed by atoms with van der Waals surface area (Å²) in [4.78, 5) is 37.0. The number of phenolic OH excluding ortho intramolecular Hbond substituents is 1. The first-order valence-corrected chi connectivity index (χ1v) is 11.1. The van der Waals surface area contributed by atoms with Crippen molar-refractivity contribution in [3.05, 3.63) is 89.1 Å². The van der Waals surface area contributed by atoms with Crippen LogP contribution in [-0.4, -0.2) is 41.4 Å². The lowest BCUT2D eigenvalue weighted by molar-refractivity contribution is -0.991. The number of carbonyl (C=O) groups is 2. The molecule has 0 aliphatic heterocycles. The van der Waals surface area contributed by atoms with Gasteiger partial charge in [-0.05, 0) is 61.2 Å². The molecule has 0 aliphatic rings. The molecule has 1 unspecified atom stereocenters. The molecule has 0 fully saturated rings. The molecule has 0 aliphatic carbocycles. The zero-order valence-corrected chi connectivity index (χ0v) is 19.6. The van der Waals surface area contributed by atoms with Crippen molar-refractivity contribution < 1.29 is 34.9 Å². The number of nitrogens with zero attached hydrogens (tertiary/aromatic N) is 1. The van der Waals surface area contributed by atoms with Crippen molar-refractivity contribution in [1.29, 1.82) is 5.41 Å². The number of Topliss-reactive ketones (excluding diaryl/α,β-unsaturated/α-hetero) is 1. The standard InChI is InChI=1S/C26H27N3O7/c1-35-36-21-13-11-20(12-14-21)28(26(32)19-10-15-24(30)23(16-19)29(33)34)17-25(31)22(27)9-5-8-18-6-3-2-4-7-18/h2-4,6-7,10-16,27,29-30,33H,5,8-9,17H2,1H3. The molecule has 0 spiro atoms. The number of hydrogen-bond donors (Lipinski definition) is 4. The summed E-state index contributed by atoms with van der Waals surface area (Å²) in [5.74, 6) is -1.32. The Hall–Kier alpha value is -4.09. The summed E-state index contributed by atoms with van der Waals surface area (Å²) >= 11 is 0. The minimum atomic E-state index is -1.40. The lowest BCUT2D eigenvalue weighted by atomic mass is 10.0. The molecule has 36 heavy (non-hydrogen) atoms. The Balaban J connectivity index is 1.79. The van der Waals surface area contributed by atoms with Crippen molar-refractivity contribution in [1.82, 2.24) is 0 Å². The summed E-state index contributed by atoms with van der Waals surface area (Å²) < 4.78 is 0. The second kappa shape index (κ2) is 12.6. The Labute approximate surface area is 207 Å². The van der Waals surface area contributed by atoms with Crippen LogP contribution in [0, 0.1) is 10.6 Å². The Morgan fingerprint density at radius 2 is 1.75 bits per heavy atom. The molecule has 0 aromatic heterocycles. The first-order valence-electron chi connectivity index (χ1n) is 11.1. The van der Waals surface area contributed by atoms with E-state index in [-0.39, 0.29) is 17.7 Å². The number of anilines is 1. The molecule has 0 bridgehead atoms. The molecule has 0 saturated carbocycles. The van der Waals surface area contributed by atoms with E-state index in [1.807, 2.05) is 30.3 Å². The largest absolute Gasteiger partial charge is 0.595 e. The molecule has 10 heteroatoms. The van der Waals surface area contributed by atoms with Crippen LogP contribution in [0.5, 0.6) is 11.5 Å². The van der Waals surface area contributed by atoms with Gasteiger partial charge in [0, 0.05) is 17.3 Å². The number of nitrogens with one attached hydrogen (secondary N) is 2. The van der Waals surface area contributed by atoms with Crippen LogP contribution >= 0.6 is 0 Å². The van der Waals surface area contributed by atoms with Crippen molar-refractivity contribution in [3.63, 3.8) is 0 Å². The molecule has 1 atom stereocenters. The number of rotatable bonds is 12. The van der Waals surface area contributed by atoms with Crippen LogP contribution in [-0.2, 0) is 16.1 Å². The SMILES string of the molecule is COOc1ccc(N(CC(=O)C(=N)CCCc2ccccc2)C(=O)c2ccc(O)c([NH+]([O-])O)c2)cc1. The quantitative estimate of drug-likeness (QED) is 0.131. The average Bonchev–Trinajstić information content (AvgIpc) is 2.88. The minimum Gasteiger partial charge on any atom is -0.595 e. The lowest BCUT2D eigenvalue weighted by Crippen LogP contribution is -2.99. The molecule has 3 aromatic carbocycles. The highest BCUT2D eigenvalue weighted by Crippen LogP contribution is 2.25. The minimum absolute atomic E-state index is 0.0363. The number of carbonyl (C=O) groups excluding carboxylic acids is 2. The lowest BCUT2D eigenvalue weighted by Gasteiger charge is -2.23. The van der Waals surface area contributed by atoms with Crippen LogP contribution in [0.2, 0.25) is 0 Å². The molecule has 1 amide bonds. The molecule has 3 aromatic rings. The Morgan fingerprint density at radius 1 is 1.06 bits per heavy atom. The van der Waals surface area contributed by atoms with E-state index in [1.165, 1.54) is 37.4 Å². The number of amides is 1. The molecule has 4 N–H and O–H groups in total. The topological polar surface area (TPSA) is 148 Å². The van der Waals surface area contributed by atoms with Gasteiger partial charge in [0.1, 0.15) is 0 Å². The molecule has 0 saturated heterocycles. The van der Waals surface area contributed by atoms with Gasteiger partial charge in [-0.25, -0.2) is 5.21 Å². The van der Waals surface area contributed by atoms with Gasteiger partial charge in [-0.3, -0.25) is 9.59 Å². The molecule has 10 nitrogen and oxygen atoms in total. The maximum absolute atomic E-state index is 13.4. The maximum Gasteiger partial charge on any atom is 0.258 e. The predicted molar refractivity (Wildman–Crippen MR) is 132 cm³/mol. The fraction of sp³-hybridized carbons (Fsp3) is 0.192. The molecule has 3 rings (SSSR count). The number of hydrogen-bond acceptors (Lipinski definition) is 8. The van der Waals surface area contributed by atoms with Gasteiger partial charge in [-0.1, -0.05) is 30.3 Å². The first-order chi connectivity index (χ1) is 17.3. The van der Waals surface area contributed by atoms with Gasteiger partial charge in [0.2, 0.25) is 5.69 Å². The van der Waals surface area contributed by atoms with Crippen LogP contribution in [0.25, 0.3) is 0 Å². The third kappa shape index (κ3) is 6.96. The van der Waals surface area contributed by atoms with Crippen LogP contribution in [0.4, 0.5) is 11.4 Å². The Morgan fingerprint density at radius 3 is 2.39 bits per heavy atom. The van der Waals surface area contributed by atoms with Crippen LogP contribution < -0.4 is 15.0 Å². The van der Waals surface area contributed by atoms with Crippen molar-refractivity contribution in [2.24, 2.45) is 0 Å². The maximum atomic E-state index is 13.4. The highest BCUT2D eigenvalue weighted by molar-refractivity contribution is 6.40. The predicted octanol–water partition coefficient (Wildman–Crippen LogP) is 2.99. The molecule has 188 valence electrons. The number of quaternary nitrogens is 1. The second-order valence-corrected chi connectivity index (χ2v) is 7.91. The Kier molecular flexibility index (Phi) is 9.25. The zero-order valence-electron chi connectivity index (χ0n) is 19.6. The van der Waals surface area contributed by atoms with Gasteiger partial charge in [-0.2, -0.15) is 10.1 Å². The van der Waals surface area contributed by atoms with Crippen molar-refractivity contribution in [3.8, 4) is 11.5 Å². The summed E-state index contributed by atoms with van der Waals surface area (Å²) in [5.41, 5.74) is 0.851. The number of aryl methyl sites for hydroxylation is 1. The van der Waals surface area contributed by atoms with E-state index < -0.39 is 34.9 Å². The number of ketones is 1. The fourth-order valence-corrected chi connectivity index (χ4v) is 3.55. The van der Waals surface area contributed by atoms with E-state index in [9.17, 15) is 25.1 Å². The van der Waals surface area contributed by atoms with Crippen molar-refractivity contribution in [2.45, 2.75) is 19.3 Å². The number of phenols is 1. The highest BCUT2D eigenvalue weighted by atomic mass is 17.2. The van der Waals surface area contributed by atoms with Crippen molar-refractivity contribution >= 4 is 28.8 Å². The zero-order chi connectivity index (χ0) is 26.1. The monoisotopic (exact) mass is 493 g/mol. The molecular weight excluding hydrogens is 466 g/mol. The van der Waals surface area contributed by atoms with Gasteiger partial charge in [0.15, 0.2) is 17.3 Å². The molecule has 0 radical (unpaired) electrons. The number of aromatic hydroxyl groups is 1. The average molecular weight is 494 g/mol. The Bertz CT molecular complexity index is 1200. The summed E-state index contributed by atoms with van der Waals surface area (Å²) in [6, 6.07) is 19.3. The van der Waals surface area contributed by atoms with Crippen LogP contribution in [0.3, 0.4) is 0 Å². The second-order valence-electron chi connectivity index (χ2n) is 7.91. The van der Waals surface area contributed by atoms with Gasteiger partial charge in [-0.15, -0.1) is 0 Å². The van der Waals surface area contributed by atoms with E-state index in [4.69, 9.17) is 10.3 Å². The van der Waals surface area contributed by atoms with E-state index in [0.717, 1.165) is 22.6 Å². The summed E-state index contributed by atoms with van der Waals surface area (Å²) in [6.07, 6.45) is 1.57. The first kappa shape index (κ1) is 26.5. The summed E-state index contributed by atoms with van der Waals surface area (Å²) in [6.45, 7) is -0.420. The third-order valence-corrected chi connectivity index (χ3v) is 5.42. The number of benzene rings is 3. The molecular formula is C26H27N3O7. The smallest absolute Gasteiger partial charge is 0.258 e. The van der Waals surface area contributed by atoms with Gasteiger partial charge < -0.3 is 25.5 Å². The summed E-state index contributed by atoms with van der Waals surface area (Å²) in [7, 11) is 1.34. The van der Waals surface area contributed by atoms with E-state index in [0.29, 0.717) is 24.3 Å². The van der Waals surface area contributed by atoms with Gasteiger partial charge >= 0.3 is 0 Å². The van der Waals surface area contributed by atoms with E-state index in [1.54, 1.807) is 0 Å². The third-order valence-electron chi connectivity index (χ3n) is 5.42. The summed E-state index contributed by atoms with van der Waals surface area (Å²) in [5, 5.41) is 37.3. The van der Waals surface area contributed by atoms with Crippen molar-refractivity contribution in [2.75, 3.05) is 18.6 Å². The van der Waals surface area contributed by atoms with Gasteiger partial charge in [0.25, 0.3) is 5.91 Å². The van der Waals surface area contributed by atoms with E-state index in [2.05, 4.69) is 4.89 Å². The van der Waals surface area contributed by atoms with Crippen LogP contribution in [0.1, 0.15) is 28.8 Å². The normalized spacial score (nSPS) is 11.5. The molecule has 0 heterocycles. The fourth-order valence-electron chi connectivity index (χ4n) is 3.55. The highest BCUT2D eigenvalue weighted by Gasteiger charge is 2.24. The van der Waals surface area contributed by atoms with Gasteiger partial charge in [0.05, 0.1) is 19.4 Å².